The number of hydrogen-bond donors (Lipinski definition) is 2. The van der Waals surface area contributed by atoms with Gasteiger partial charge in [0.1, 0.15) is 35.0 Å². The van der Waals surface area contributed by atoms with E-state index in [2.05, 4.69) is 16.6 Å². The third-order valence-corrected chi connectivity index (χ3v) is 14.0. The summed E-state index contributed by atoms with van der Waals surface area (Å²) < 4.78 is 40.1. The Morgan fingerprint density at radius 3 is 2.39 bits per heavy atom. The molecule has 0 spiro atoms. The number of methoxy groups -OCH3 is 1. The molecule has 1 aromatic heterocycles. The van der Waals surface area contributed by atoms with Gasteiger partial charge in [-0.1, -0.05) is 82.9 Å². The van der Waals surface area contributed by atoms with Crippen LogP contribution in [0.5, 0.6) is 11.5 Å². The molecule has 4 fully saturated rings. The number of fused-ring (bicyclic) bond motifs is 1. The van der Waals surface area contributed by atoms with Crippen molar-refractivity contribution in [3.05, 3.63) is 67.3 Å². The first-order valence-electron chi connectivity index (χ1n) is 20.2. The van der Waals surface area contributed by atoms with Gasteiger partial charge in [-0.3, -0.25) is 23.9 Å². The van der Waals surface area contributed by atoms with E-state index in [-0.39, 0.29) is 37.5 Å². The number of aromatic nitrogens is 1. The molecule has 3 saturated carbocycles. The number of nitrogens with zero attached hydrogens (tertiary/aromatic N) is 2. The lowest BCUT2D eigenvalue weighted by molar-refractivity contribution is -0.147. The molecule has 12 nitrogen and oxygen atoms in total. The first kappa shape index (κ1) is 40.4. The number of likely N-dealkylation sites (tertiary alicyclic amines) is 1. The van der Waals surface area contributed by atoms with Crippen LogP contribution in [0.1, 0.15) is 85.0 Å². The van der Waals surface area contributed by atoms with E-state index in [9.17, 15) is 27.6 Å². The van der Waals surface area contributed by atoms with Crippen molar-refractivity contribution in [2.45, 2.75) is 108 Å². The van der Waals surface area contributed by atoms with E-state index >= 15 is 0 Å². The van der Waals surface area contributed by atoms with E-state index in [1.165, 1.54) is 11.0 Å². The Kier molecular flexibility index (Phi) is 11.3. The second-order valence-electron chi connectivity index (χ2n) is 17.4. The van der Waals surface area contributed by atoms with Gasteiger partial charge in [0, 0.05) is 54.2 Å². The zero-order valence-electron chi connectivity index (χ0n) is 33.3. The summed E-state index contributed by atoms with van der Waals surface area (Å²) in [6.07, 6.45) is 6.80. The zero-order chi connectivity index (χ0) is 40.7. The van der Waals surface area contributed by atoms with Crippen LogP contribution < -0.4 is 19.5 Å². The molecule has 2 heterocycles. The van der Waals surface area contributed by atoms with Crippen LogP contribution in [0.4, 0.5) is 0 Å². The minimum atomic E-state index is -3.89. The van der Waals surface area contributed by atoms with E-state index < -0.39 is 62.0 Å². The highest BCUT2D eigenvalue weighted by Crippen LogP contribution is 2.46. The van der Waals surface area contributed by atoms with Gasteiger partial charge >= 0.3 is 0 Å². The van der Waals surface area contributed by atoms with Crippen molar-refractivity contribution in [3.8, 4) is 22.8 Å². The molecule has 1 aliphatic heterocycles. The van der Waals surface area contributed by atoms with E-state index in [0.717, 1.165) is 31.2 Å². The van der Waals surface area contributed by atoms with Gasteiger partial charge in [0.25, 0.3) is 5.91 Å². The highest BCUT2D eigenvalue weighted by Gasteiger charge is 2.62. The highest BCUT2D eigenvalue weighted by molar-refractivity contribution is 7.91. The summed E-state index contributed by atoms with van der Waals surface area (Å²) in [4.78, 5) is 62.9. The van der Waals surface area contributed by atoms with Gasteiger partial charge < -0.3 is 19.7 Å². The van der Waals surface area contributed by atoms with E-state index in [0.29, 0.717) is 53.3 Å². The largest absolute Gasteiger partial charge is 0.497 e. The molecule has 3 aliphatic carbocycles. The standard InChI is InChI=1S/C44H54N4O8S/c1-6-29-25-44(29,42(52)47-57(53,54)33-17-18-33)46-40(50)38-23-32(26-48(38)41(51)35(43(2,3)4)21-30(49)20-27-12-10-11-13-27)56-39-24-36(28-14-8-7-9-15-28)45-37-22-31(55-5)16-19-34(37)39/h6-9,14-16,19,22,24,27,29,32-33,35,38H,1,10-13,17-18,20-21,23,25-26H2,2-5H3,(H,46,50)(H,47,52)/t29?,32-,35-,38+,44-/m1/s1. The number of hydrogen-bond acceptors (Lipinski definition) is 9. The average Bonchev–Trinajstić information content (AvgIpc) is 4.06. The number of sulfonamides is 1. The Labute approximate surface area is 335 Å². The third-order valence-electron chi connectivity index (χ3n) is 12.2. The van der Waals surface area contributed by atoms with Gasteiger partial charge in [-0.2, -0.15) is 0 Å². The number of amides is 3. The van der Waals surface area contributed by atoms with Crippen LogP contribution in [-0.2, 0) is 29.2 Å². The molecule has 304 valence electrons. The fourth-order valence-corrected chi connectivity index (χ4v) is 9.91. The zero-order valence-corrected chi connectivity index (χ0v) is 34.1. The molecule has 2 N–H and O–H groups in total. The Morgan fingerprint density at radius 2 is 1.75 bits per heavy atom. The minimum absolute atomic E-state index is 0.0367. The fraction of sp³-hybridized carbons (Fsp3) is 0.523. The van der Waals surface area contributed by atoms with Crippen molar-refractivity contribution in [1.29, 1.82) is 0 Å². The summed E-state index contributed by atoms with van der Waals surface area (Å²) in [5, 5.41) is 2.96. The van der Waals surface area contributed by atoms with Gasteiger partial charge in [0.2, 0.25) is 21.8 Å². The number of pyridine rings is 1. The Hall–Kier alpha value is -4.78. The van der Waals surface area contributed by atoms with Crippen molar-refractivity contribution in [2.24, 2.45) is 23.2 Å². The molecule has 1 saturated heterocycles. The molecular weight excluding hydrogens is 745 g/mol. The molecule has 13 heteroatoms. The van der Waals surface area contributed by atoms with Gasteiger partial charge in [-0.05, 0) is 42.7 Å². The molecule has 0 radical (unpaired) electrons. The van der Waals surface area contributed by atoms with Gasteiger partial charge in [0.15, 0.2) is 0 Å². The molecular formula is C44H54N4O8S. The van der Waals surface area contributed by atoms with Crippen LogP contribution in [-0.4, -0.2) is 78.4 Å². The molecule has 5 atom stereocenters. The number of benzene rings is 2. The third kappa shape index (κ3) is 8.73. The smallest absolute Gasteiger partial charge is 0.259 e. The van der Waals surface area contributed by atoms with Crippen LogP contribution in [0.15, 0.2) is 67.3 Å². The van der Waals surface area contributed by atoms with Crippen LogP contribution >= 0.6 is 0 Å². The van der Waals surface area contributed by atoms with Crippen molar-refractivity contribution < 1.29 is 37.1 Å². The number of Topliss-reactive ketones (excluding diaryl/α,β-unsaturated/α-hetero) is 1. The first-order chi connectivity index (χ1) is 27.1. The number of rotatable bonds is 15. The Balaban J connectivity index is 1.20. The summed E-state index contributed by atoms with van der Waals surface area (Å²) >= 11 is 0. The molecule has 3 amide bonds. The summed E-state index contributed by atoms with van der Waals surface area (Å²) in [5.74, 6) is -1.47. The van der Waals surface area contributed by atoms with Crippen LogP contribution in [0.25, 0.3) is 22.2 Å². The van der Waals surface area contributed by atoms with Crippen LogP contribution in [0, 0.1) is 23.2 Å². The molecule has 0 bridgehead atoms. The molecule has 1 unspecified atom stereocenters. The average molecular weight is 799 g/mol. The van der Waals surface area contributed by atoms with E-state index in [1.54, 1.807) is 7.11 Å². The highest BCUT2D eigenvalue weighted by atomic mass is 32.2. The maximum absolute atomic E-state index is 14.8. The van der Waals surface area contributed by atoms with Crippen LogP contribution in [0.3, 0.4) is 0 Å². The van der Waals surface area contributed by atoms with Gasteiger partial charge in [0.05, 0.1) is 30.1 Å². The van der Waals surface area contributed by atoms with Crippen LogP contribution in [0.2, 0.25) is 0 Å². The minimum Gasteiger partial charge on any atom is -0.497 e. The normalized spacial score (nSPS) is 24.1. The Bertz CT molecular complexity index is 2160. The Morgan fingerprint density at radius 1 is 1.04 bits per heavy atom. The maximum atomic E-state index is 14.8. The number of nitrogens with one attached hydrogen (secondary N) is 2. The topological polar surface area (TPSA) is 161 Å². The van der Waals surface area contributed by atoms with Crippen molar-refractivity contribution >= 4 is 44.4 Å². The van der Waals surface area contributed by atoms with Gasteiger partial charge in [-0.15, -0.1) is 6.58 Å². The number of carbonyl (C=O) groups excluding carboxylic acids is 4. The van der Waals surface area contributed by atoms with Crippen molar-refractivity contribution in [2.75, 3.05) is 13.7 Å². The summed E-state index contributed by atoms with van der Waals surface area (Å²) in [5.41, 5.74) is 0.0309. The predicted molar refractivity (Wildman–Crippen MR) is 217 cm³/mol. The monoisotopic (exact) mass is 798 g/mol. The second kappa shape index (κ2) is 15.9. The molecule has 7 rings (SSSR count). The lowest BCUT2D eigenvalue weighted by atomic mass is 9.76. The maximum Gasteiger partial charge on any atom is 0.259 e. The van der Waals surface area contributed by atoms with E-state index in [1.807, 2.05) is 75.4 Å². The van der Waals surface area contributed by atoms with Crippen molar-refractivity contribution in [3.63, 3.8) is 0 Å². The molecule has 2 aromatic carbocycles. The molecule has 57 heavy (non-hydrogen) atoms. The quantitative estimate of drug-likeness (QED) is 0.173. The number of carbonyl (C=O) groups is 4. The molecule has 3 aromatic rings. The van der Waals surface area contributed by atoms with Gasteiger partial charge in [-0.25, -0.2) is 13.4 Å². The summed E-state index contributed by atoms with van der Waals surface area (Å²) in [7, 11) is -2.31. The molecule has 4 aliphatic rings. The second-order valence-corrected chi connectivity index (χ2v) is 19.4. The number of ketones is 1. The summed E-state index contributed by atoms with van der Waals surface area (Å²) in [6, 6.07) is 15.9. The SMILES string of the molecule is C=CC1C[C@]1(NC(=O)[C@@H]1C[C@@H](Oc2cc(-c3ccccc3)nc3cc(OC)ccc23)CN1C(=O)[C@@H](CC(=O)CC1CCCC1)C(C)(C)C)C(=O)NS(=O)(=O)C1CC1. The van der Waals surface area contributed by atoms with Crippen molar-refractivity contribution in [1.82, 2.24) is 19.9 Å². The lowest BCUT2D eigenvalue weighted by Gasteiger charge is -2.35. The summed E-state index contributed by atoms with van der Waals surface area (Å²) in [6.45, 7) is 9.65. The number of ether oxygens (including phenoxy) is 2. The lowest BCUT2D eigenvalue weighted by Crippen LogP contribution is -2.57. The predicted octanol–water partition coefficient (Wildman–Crippen LogP) is 6.13. The first-order valence-corrected chi connectivity index (χ1v) is 21.7. The fourth-order valence-electron chi connectivity index (χ4n) is 8.54. The van der Waals surface area contributed by atoms with E-state index in [4.69, 9.17) is 14.5 Å².